The Morgan fingerprint density at radius 3 is 2.53 bits per heavy atom. The molecule has 3 nitrogen and oxygen atoms in total. The molecule has 1 unspecified atom stereocenters. The summed E-state index contributed by atoms with van der Waals surface area (Å²) in [6.45, 7) is 6.82. The zero-order chi connectivity index (χ0) is 13.7. The molecule has 1 aromatic carbocycles. The van der Waals surface area contributed by atoms with Gasteiger partial charge in [-0.15, -0.1) is 0 Å². The van der Waals surface area contributed by atoms with Crippen molar-refractivity contribution in [3.05, 3.63) is 53.7 Å². The van der Waals surface area contributed by atoms with Crippen LogP contribution >= 0.6 is 0 Å². The molecule has 0 spiro atoms. The van der Waals surface area contributed by atoms with Crippen molar-refractivity contribution in [3.63, 3.8) is 0 Å². The van der Waals surface area contributed by atoms with Crippen molar-refractivity contribution >= 4 is 5.82 Å². The molecule has 0 saturated heterocycles. The Bertz CT molecular complexity index is 523. The summed E-state index contributed by atoms with van der Waals surface area (Å²) in [5.41, 5.74) is 2.25. The highest BCUT2D eigenvalue weighted by Gasteiger charge is 2.04. The summed E-state index contributed by atoms with van der Waals surface area (Å²) in [6, 6.07) is 14.0. The summed E-state index contributed by atoms with van der Waals surface area (Å²) in [5.74, 6) is 1.79. The molecule has 1 N–H and O–H groups in total. The minimum atomic E-state index is 0.0880. The Labute approximate surface area is 114 Å². The lowest BCUT2D eigenvalue weighted by atomic mass is 10.2. The fourth-order valence-corrected chi connectivity index (χ4v) is 1.78. The Balaban J connectivity index is 1.84. The third kappa shape index (κ3) is 4.28. The molecule has 100 valence electrons. The van der Waals surface area contributed by atoms with Gasteiger partial charge in [0, 0.05) is 5.69 Å². The van der Waals surface area contributed by atoms with E-state index in [-0.39, 0.29) is 6.10 Å². The number of benzene rings is 1. The maximum Gasteiger partial charge on any atom is 0.126 e. The zero-order valence-electron chi connectivity index (χ0n) is 11.7. The van der Waals surface area contributed by atoms with Crippen LogP contribution in [0.3, 0.4) is 0 Å². The number of anilines is 1. The van der Waals surface area contributed by atoms with Crippen LogP contribution in [0.2, 0.25) is 0 Å². The summed E-state index contributed by atoms with van der Waals surface area (Å²) in [7, 11) is 0. The van der Waals surface area contributed by atoms with E-state index in [2.05, 4.69) is 29.4 Å². The average molecular weight is 256 g/mol. The lowest BCUT2D eigenvalue weighted by Crippen LogP contribution is -2.23. The molecule has 1 heterocycles. The third-order valence-electron chi connectivity index (χ3n) is 2.82. The normalized spacial score (nSPS) is 11.9. The number of aryl methyl sites for hydroxylation is 2. The maximum absolute atomic E-state index is 5.83. The monoisotopic (exact) mass is 256 g/mol. The molecule has 3 heteroatoms. The van der Waals surface area contributed by atoms with E-state index in [1.807, 2.05) is 44.2 Å². The fraction of sp³-hybridized carbons (Fsp3) is 0.312. The lowest BCUT2D eigenvalue weighted by Gasteiger charge is -2.16. The van der Waals surface area contributed by atoms with Gasteiger partial charge in [-0.1, -0.05) is 23.8 Å². The van der Waals surface area contributed by atoms with Crippen LogP contribution in [0.5, 0.6) is 5.75 Å². The standard InChI is InChI=1S/C16H20N2O/c1-12-7-9-15(10-8-12)19-14(3)11-17-16-6-4-5-13(2)18-16/h4-10,14H,11H2,1-3H3,(H,17,18). The lowest BCUT2D eigenvalue weighted by molar-refractivity contribution is 0.234. The first-order valence-corrected chi connectivity index (χ1v) is 6.54. The van der Waals surface area contributed by atoms with Gasteiger partial charge in [-0.3, -0.25) is 0 Å². The van der Waals surface area contributed by atoms with Crippen LogP contribution in [0.4, 0.5) is 5.82 Å². The van der Waals surface area contributed by atoms with E-state index in [4.69, 9.17) is 4.74 Å². The van der Waals surface area contributed by atoms with E-state index in [0.29, 0.717) is 0 Å². The Morgan fingerprint density at radius 1 is 1.11 bits per heavy atom. The van der Waals surface area contributed by atoms with E-state index in [1.165, 1.54) is 5.56 Å². The molecule has 0 saturated carbocycles. The zero-order valence-corrected chi connectivity index (χ0v) is 11.7. The average Bonchev–Trinajstić information content (AvgIpc) is 2.39. The quantitative estimate of drug-likeness (QED) is 0.888. The van der Waals surface area contributed by atoms with Gasteiger partial charge in [-0.25, -0.2) is 4.98 Å². The first-order chi connectivity index (χ1) is 9.13. The second kappa shape index (κ2) is 6.23. The highest BCUT2D eigenvalue weighted by molar-refractivity contribution is 5.35. The van der Waals surface area contributed by atoms with Crippen LogP contribution in [0.1, 0.15) is 18.2 Å². The Hall–Kier alpha value is -2.03. The topological polar surface area (TPSA) is 34.1 Å². The predicted octanol–water partition coefficient (Wildman–Crippen LogP) is 3.58. The van der Waals surface area contributed by atoms with Gasteiger partial charge in [0.15, 0.2) is 0 Å². The Morgan fingerprint density at radius 2 is 1.84 bits per heavy atom. The number of pyridine rings is 1. The summed E-state index contributed by atoms with van der Waals surface area (Å²) >= 11 is 0. The molecule has 0 aliphatic rings. The number of nitrogens with zero attached hydrogens (tertiary/aromatic N) is 1. The molecule has 0 radical (unpaired) electrons. The summed E-state index contributed by atoms with van der Waals surface area (Å²) in [6.07, 6.45) is 0.0880. The molecule has 0 amide bonds. The van der Waals surface area contributed by atoms with Crippen molar-refractivity contribution in [2.45, 2.75) is 26.9 Å². The van der Waals surface area contributed by atoms with E-state index in [9.17, 15) is 0 Å². The SMILES string of the molecule is Cc1ccc(OC(C)CNc2cccc(C)n2)cc1. The van der Waals surface area contributed by atoms with Crippen LogP contribution < -0.4 is 10.1 Å². The number of aromatic nitrogens is 1. The van der Waals surface area contributed by atoms with Crippen molar-refractivity contribution in [1.29, 1.82) is 0 Å². The smallest absolute Gasteiger partial charge is 0.126 e. The maximum atomic E-state index is 5.83. The summed E-state index contributed by atoms with van der Waals surface area (Å²) in [4.78, 5) is 4.40. The first kappa shape index (κ1) is 13.4. The highest BCUT2D eigenvalue weighted by Crippen LogP contribution is 2.13. The van der Waals surface area contributed by atoms with Crippen molar-refractivity contribution in [3.8, 4) is 5.75 Å². The van der Waals surface area contributed by atoms with Gasteiger partial charge in [0.05, 0.1) is 6.54 Å². The number of hydrogen-bond acceptors (Lipinski definition) is 3. The molecule has 2 aromatic rings. The van der Waals surface area contributed by atoms with Crippen LogP contribution in [0, 0.1) is 13.8 Å². The molecule has 19 heavy (non-hydrogen) atoms. The van der Waals surface area contributed by atoms with Crippen molar-refractivity contribution < 1.29 is 4.74 Å². The molecule has 1 atom stereocenters. The van der Waals surface area contributed by atoms with Gasteiger partial charge < -0.3 is 10.1 Å². The minimum Gasteiger partial charge on any atom is -0.489 e. The predicted molar refractivity (Wildman–Crippen MR) is 78.7 cm³/mol. The van der Waals surface area contributed by atoms with Gasteiger partial charge in [0.25, 0.3) is 0 Å². The number of nitrogens with one attached hydrogen (secondary N) is 1. The number of hydrogen-bond donors (Lipinski definition) is 1. The van der Waals surface area contributed by atoms with E-state index in [0.717, 1.165) is 23.8 Å². The van der Waals surface area contributed by atoms with Gasteiger partial charge >= 0.3 is 0 Å². The van der Waals surface area contributed by atoms with Crippen LogP contribution in [0.15, 0.2) is 42.5 Å². The molecule has 0 aliphatic carbocycles. The molecular formula is C16H20N2O. The summed E-state index contributed by atoms with van der Waals surface area (Å²) < 4.78 is 5.83. The molecule has 0 bridgehead atoms. The first-order valence-electron chi connectivity index (χ1n) is 6.54. The number of rotatable bonds is 5. The molecule has 2 rings (SSSR count). The molecule has 0 aliphatic heterocycles. The highest BCUT2D eigenvalue weighted by atomic mass is 16.5. The van der Waals surface area contributed by atoms with Crippen LogP contribution in [-0.2, 0) is 0 Å². The van der Waals surface area contributed by atoms with Gasteiger partial charge in [-0.05, 0) is 45.0 Å². The second-order valence-electron chi connectivity index (χ2n) is 4.79. The van der Waals surface area contributed by atoms with Gasteiger partial charge in [0.2, 0.25) is 0 Å². The van der Waals surface area contributed by atoms with Crippen LogP contribution in [-0.4, -0.2) is 17.6 Å². The van der Waals surface area contributed by atoms with Gasteiger partial charge in [-0.2, -0.15) is 0 Å². The number of ether oxygens (including phenoxy) is 1. The van der Waals surface area contributed by atoms with Crippen molar-refractivity contribution in [1.82, 2.24) is 4.98 Å². The third-order valence-corrected chi connectivity index (χ3v) is 2.82. The van der Waals surface area contributed by atoms with E-state index >= 15 is 0 Å². The Kier molecular flexibility index (Phi) is 4.39. The fourth-order valence-electron chi connectivity index (χ4n) is 1.78. The van der Waals surface area contributed by atoms with E-state index < -0.39 is 0 Å². The van der Waals surface area contributed by atoms with Crippen molar-refractivity contribution in [2.24, 2.45) is 0 Å². The molecule has 0 fully saturated rings. The van der Waals surface area contributed by atoms with Gasteiger partial charge in [0.1, 0.15) is 17.7 Å². The minimum absolute atomic E-state index is 0.0880. The van der Waals surface area contributed by atoms with E-state index in [1.54, 1.807) is 0 Å². The summed E-state index contributed by atoms with van der Waals surface area (Å²) in [5, 5.41) is 3.28. The molecule has 1 aromatic heterocycles. The second-order valence-corrected chi connectivity index (χ2v) is 4.79. The van der Waals surface area contributed by atoms with Crippen LogP contribution in [0.25, 0.3) is 0 Å². The largest absolute Gasteiger partial charge is 0.489 e. The molecular weight excluding hydrogens is 236 g/mol. The van der Waals surface area contributed by atoms with Crippen molar-refractivity contribution in [2.75, 3.05) is 11.9 Å².